The fourth-order valence-electron chi connectivity index (χ4n) is 2.96. The molecule has 27 heavy (non-hydrogen) atoms. The maximum atomic E-state index is 12.5. The molecule has 1 aliphatic heterocycles. The normalized spacial score (nSPS) is 14.2. The Labute approximate surface area is 164 Å². The van der Waals surface area contributed by atoms with Gasteiger partial charge in [-0.25, -0.2) is 9.78 Å². The van der Waals surface area contributed by atoms with E-state index >= 15 is 0 Å². The van der Waals surface area contributed by atoms with Gasteiger partial charge in [0.05, 0.1) is 0 Å². The molecule has 0 aliphatic carbocycles. The molecule has 144 valence electrons. The van der Waals surface area contributed by atoms with Gasteiger partial charge >= 0.3 is 6.03 Å². The SMILES string of the molecule is CCNc1nc(C)cc(N2CCN(C(=O)Nc3ccc(C)c(Cl)c3)CC2)n1. The molecule has 1 saturated heterocycles. The van der Waals surface area contributed by atoms with Gasteiger partial charge in [-0.15, -0.1) is 0 Å². The zero-order valence-electron chi connectivity index (χ0n) is 15.9. The van der Waals surface area contributed by atoms with Crippen LogP contribution < -0.4 is 15.5 Å². The number of benzene rings is 1. The summed E-state index contributed by atoms with van der Waals surface area (Å²) in [4.78, 5) is 25.5. The Balaban J connectivity index is 1.59. The number of hydrogen-bond acceptors (Lipinski definition) is 5. The molecule has 8 heteroatoms. The van der Waals surface area contributed by atoms with Gasteiger partial charge < -0.3 is 20.4 Å². The molecule has 1 aliphatic rings. The molecule has 0 spiro atoms. The van der Waals surface area contributed by atoms with Crippen molar-refractivity contribution in [1.29, 1.82) is 0 Å². The predicted octanol–water partition coefficient (Wildman–Crippen LogP) is 3.53. The molecule has 3 rings (SSSR count). The summed E-state index contributed by atoms with van der Waals surface area (Å²) in [6, 6.07) is 7.40. The van der Waals surface area contributed by atoms with E-state index in [0.29, 0.717) is 29.7 Å². The third-order valence-electron chi connectivity index (χ3n) is 4.49. The van der Waals surface area contributed by atoms with Crippen molar-refractivity contribution in [1.82, 2.24) is 14.9 Å². The first-order chi connectivity index (χ1) is 13.0. The van der Waals surface area contributed by atoms with Gasteiger partial charge in [0.1, 0.15) is 5.82 Å². The fraction of sp³-hybridized carbons (Fsp3) is 0.421. The molecule has 0 bridgehead atoms. The van der Waals surface area contributed by atoms with Crippen LogP contribution >= 0.6 is 11.6 Å². The van der Waals surface area contributed by atoms with Crippen LogP contribution in [0.5, 0.6) is 0 Å². The van der Waals surface area contributed by atoms with E-state index in [1.165, 1.54) is 0 Å². The quantitative estimate of drug-likeness (QED) is 0.838. The molecular weight excluding hydrogens is 364 g/mol. The molecule has 1 aromatic carbocycles. The Bertz CT molecular complexity index is 820. The molecule has 0 radical (unpaired) electrons. The topological polar surface area (TPSA) is 73.4 Å². The fourth-order valence-corrected chi connectivity index (χ4v) is 3.14. The second-order valence-corrected chi connectivity index (χ2v) is 7.00. The summed E-state index contributed by atoms with van der Waals surface area (Å²) in [6.07, 6.45) is 0. The Morgan fingerprint density at radius 2 is 1.89 bits per heavy atom. The standard InChI is InChI=1S/C19H25ClN6O/c1-4-21-18-22-14(3)11-17(24-18)25-7-9-26(10-8-25)19(27)23-15-6-5-13(2)16(20)12-15/h5-6,11-12H,4,7-10H2,1-3H3,(H,23,27)(H,21,22,24). The third kappa shape index (κ3) is 4.80. The molecule has 1 aromatic heterocycles. The van der Waals surface area contributed by atoms with E-state index in [2.05, 4.69) is 25.5 Å². The smallest absolute Gasteiger partial charge is 0.321 e. The van der Waals surface area contributed by atoms with Crippen molar-refractivity contribution in [2.24, 2.45) is 0 Å². The average molecular weight is 389 g/mol. The third-order valence-corrected chi connectivity index (χ3v) is 4.90. The number of nitrogens with one attached hydrogen (secondary N) is 2. The van der Waals surface area contributed by atoms with Gasteiger partial charge in [0, 0.05) is 55.2 Å². The zero-order chi connectivity index (χ0) is 19.4. The Morgan fingerprint density at radius 1 is 1.15 bits per heavy atom. The number of aromatic nitrogens is 2. The van der Waals surface area contributed by atoms with Crippen LogP contribution in [0.1, 0.15) is 18.2 Å². The number of anilines is 3. The van der Waals surface area contributed by atoms with Crippen molar-refractivity contribution in [3.63, 3.8) is 0 Å². The first-order valence-electron chi connectivity index (χ1n) is 9.13. The van der Waals surface area contributed by atoms with Crippen LogP contribution in [-0.2, 0) is 0 Å². The Hall–Kier alpha value is -2.54. The van der Waals surface area contributed by atoms with Crippen LogP contribution in [0.25, 0.3) is 0 Å². The van der Waals surface area contributed by atoms with Crippen molar-refractivity contribution in [2.75, 3.05) is 48.3 Å². The number of rotatable bonds is 4. The van der Waals surface area contributed by atoms with Crippen molar-refractivity contribution < 1.29 is 4.79 Å². The lowest BCUT2D eigenvalue weighted by Gasteiger charge is -2.35. The highest BCUT2D eigenvalue weighted by Gasteiger charge is 2.22. The van der Waals surface area contributed by atoms with Crippen LogP contribution in [0.3, 0.4) is 0 Å². The van der Waals surface area contributed by atoms with Gasteiger partial charge in [0.25, 0.3) is 0 Å². The van der Waals surface area contributed by atoms with Gasteiger partial charge in [0.2, 0.25) is 5.95 Å². The number of aryl methyl sites for hydroxylation is 2. The van der Waals surface area contributed by atoms with Crippen molar-refractivity contribution in [2.45, 2.75) is 20.8 Å². The second kappa shape index (κ2) is 8.43. The lowest BCUT2D eigenvalue weighted by atomic mass is 10.2. The van der Waals surface area contributed by atoms with Crippen molar-refractivity contribution in [3.05, 3.63) is 40.5 Å². The molecule has 2 amide bonds. The number of carbonyl (C=O) groups is 1. The first-order valence-corrected chi connectivity index (χ1v) is 9.50. The number of carbonyl (C=O) groups excluding carboxylic acids is 1. The Kier molecular flexibility index (Phi) is 6.01. The monoisotopic (exact) mass is 388 g/mol. The summed E-state index contributed by atoms with van der Waals surface area (Å²) < 4.78 is 0. The van der Waals surface area contributed by atoms with Crippen LogP contribution in [0.2, 0.25) is 5.02 Å². The first kappa shape index (κ1) is 19.2. The highest BCUT2D eigenvalue weighted by molar-refractivity contribution is 6.31. The van der Waals surface area contributed by atoms with Gasteiger partial charge in [0.15, 0.2) is 0 Å². The molecule has 0 unspecified atom stereocenters. The predicted molar refractivity (Wildman–Crippen MR) is 110 cm³/mol. The molecule has 1 fully saturated rings. The number of nitrogens with zero attached hydrogens (tertiary/aromatic N) is 4. The summed E-state index contributed by atoms with van der Waals surface area (Å²) in [5.41, 5.74) is 2.62. The van der Waals surface area contributed by atoms with E-state index in [1.54, 1.807) is 6.07 Å². The number of urea groups is 1. The highest BCUT2D eigenvalue weighted by Crippen LogP contribution is 2.21. The summed E-state index contributed by atoms with van der Waals surface area (Å²) in [5.74, 6) is 1.53. The molecule has 0 atom stereocenters. The lowest BCUT2D eigenvalue weighted by Crippen LogP contribution is -2.50. The largest absolute Gasteiger partial charge is 0.354 e. The van der Waals surface area contributed by atoms with Gasteiger partial charge in [-0.3, -0.25) is 0 Å². The maximum Gasteiger partial charge on any atom is 0.321 e. The Morgan fingerprint density at radius 3 is 2.56 bits per heavy atom. The van der Waals surface area contributed by atoms with E-state index in [1.807, 2.05) is 43.9 Å². The van der Waals surface area contributed by atoms with Gasteiger partial charge in [-0.1, -0.05) is 17.7 Å². The number of hydrogen-bond donors (Lipinski definition) is 2. The van der Waals surface area contributed by atoms with Gasteiger partial charge in [-0.2, -0.15) is 4.98 Å². The molecule has 2 N–H and O–H groups in total. The highest BCUT2D eigenvalue weighted by atomic mass is 35.5. The summed E-state index contributed by atoms with van der Waals surface area (Å²) in [6.45, 7) is 9.40. The zero-order valence-corrected chi connectivity index (χ0v) is 16.7. The van der Waals surface area contributed by atoms with E-state index in [9.17, 15) is 4.79 Å². The van der Waals surface area contributed by atoms with Crippen LogP contribution in [0, 0.1) is 13.8 Å². The summed E-state index contributed by atoms with van der Waals surface area (Å²) in [7, 11) is 0. The van der Waals surface area contributed by atoms with Crippen LogP contribution in [-0.4, -0.2) is 53.6 Å². The summed E-state index contributed by atoms with van der Waals surface area (Å²) in [5, 5.41) is 6.72. The van der Waals surface area contributed by atoms with E-state index in [-0.39, 0.29) is 6.03 Å². The number of piperazine rings is 1. The molecular formula is C19H25ClN6O. The summed E-state index contributed by atoms with van der Waals surface area (Å²) >= 11 is 6.13. The molecule has 7 nitrogen and oxygen atoms in total. The lowest BCUT2D eigenvalue weighted by molar-refractivity contribution is 0.208. The minimum atomic E-state index is -0.109. The van der Waals surface area contributed by atoms with E-state index in [4.69, 9.17) is 11.6 Å². The molecule has 0 saturated carbocycles. The number of halogens is 1. The second-order valence-electron chi connectivity index (χ2n) is 6.59. The minimum absolute atomic E-state index is 0.109. The number of amides is 2. The minimum Gasteiger partial charge on any atom is -0.354 e. The van der Waals surface area contributed by atoms with E-state index < -0.39 is 0 Å². The van der Waals surface area contributed by atoms with Crippen LogP contribution in [0.15, 0.2) is 24.3 Å². The molecule has 2 heterocycles. The van der Waals surface area contributed by atoms with Crippen molar-refractivity contribution in [3.8, 4) is 0 Å². The maximum absolute atomic E-state index is 12.5. The van der Waals surface area contributed by atoms with E-state index in [0.717, 1.165) is 36.7 Å². The van der Waals surface area contributed by atoms with Crippen molar-refractivity contribution >= 4 is 35.1 Å². The van der Waals surface area contributed by atoms with Gasteiger partial charge in [-0.05, 0) is 38.5 Å². The molecule has 2 aromatic rings. The average Bonchev–Trinajstić information content (AvgIpc) is 2.65. The van der Waals surface area contributed by atoms with Crippen LogP contribution in [0.4, 0.5) is 22.2 Å².